The van der Waals surface area contributed by atoms with Crippen LogP contribution in [0.3, 0.4) is 0 Å². The molecular weight excluding hydrogens is 177 g/mol. The van der Waals surface area contributed by atoms with Gasteiger partial charge in [-0.1, -0.05) is 12.1 Å². The molecule has 1 fully saturated rings. The van der Waals surface area contributed by atoms with Crippen LogP contribution in [0.1, 0.15) is 24.8 Å². The molecule has 0 bridgehead atoms. The number of hydrogen-bond donors (Lipinski definition) is 1. The maximum absolute atomic E-state index is 12.9. The van der Waals surface area contributed by atoms with E-state index in [2.05, 4.69) is 0 Å². The molecule has 1 nitrogen and oxygen atoms in total. The quantitative estimate of drug-likeness (QED) is 0.767. The van der Waals surface area contributed by atoms with Gasteiger partial charge < -0.3 is 5.73 Å². The summed E-state index contributed by atoms with van der Waals surface area (Å²) in [6.45, 7) is 0. The van der Waals surface area contributed by atoms with Crippen LogP contribution in [0.4, 0.5) is 4.39 Å². The summed E-state index contributed by atoms with van der Waals surface area (Å²) in [5, 5.41) is 0. The topological polar surface area (TPSA) is 26.0 Å². The lowest BCUT2D eigenvalue weighted by Gasteiger charge is -2.09. The van der Waals surface area contributed by atoms with E-state index in [1.807, 2.05) is 6.07 Å². The molecule has 0 saturated heterocycles. The van der Waals surface area contributed by atoms with Crippen molar-refractivity contribution in [2.75, 3.05) is 0 Å². The molecule has 0 aliphatic heterocycles. The third kappa shape index (κ3) is 2.32. The molecule has 2 atom stereocenters. The Morgan fingerprint density at radius 3 is 2.86 bits per heavy atom. The first-order chi connectivity index (χ1) is 6.74. The van der Waals surface area contributed by atoms with E-state index in [0.29, 0.717) is 12.0 Å². The first kappa shape index (κ1) is 9.66. The Morgan fingerprint density at radius 2 is 2.21 bits per heavy atom. The molecule has 2 unspecified atom stereocenters. The van der Waals surface area contributed by atoms with Crippen molar-refractivity contribution in [2.45, 2.75) is 31.7 Å². The molecule has 1 aliphatic carbocycles. The zero-order chi connectivity index (χ0) is 9.97. The maximum atomic E-state index is 12.9. The fourth-order valence-electron chi connectivity index (χ4n) is 2.30. The molecule has 0 spiro atoms. The van der Waals surface area contributed by atoms with E-state index >= 15 is 0 Å². The Kier molecular flexibility index (Phi) is 2.82. The Hall–Kier alpha value is -0.890. The molecule has 0 aromatic heterocycles. The normalized spacial score (nSPS) is 26.7. The van der Waals surface area contributed by atoms with Crippen LogP contribution >= 0.6 is 0 Å². The van der Waals surface area contributed by atoms with Gasteiger partial charge in [0, 0.05) is 6.04 Å². The smallest absolute Gasteiger partial charge is 0.123 e. The second-order valence-corrected chi connectivity index (χ2v) is 4.27. The van der Waals surface area contributed by atoms with Crippen molar-refractivity contribution in [1.29, 1.82) is 0 Å². The minimum Gasteiger partial charge on any atom is -0.328 e. The van der Waals surface area contributed by atoms with Crippen molar-refractivity contribution in [1.82, 2.24) is 0 Å². The average molecular weight is 193 g/mol. The van der Waals surface area contributed by atoms with Gasteiger partial charge in [0.2, 0.25) is 0 Å². The van der Waals surface area contributed by atoms with Crippen LogP contribution in [0.25, 0.3) is 0 Å². The van der Waals surface area contributed by atoms with E-state index in [-0.39, 0.29) is 5.82 Å². The van der Waals surface area contributed by atoms with Gasteiger partial charge in [-0.3, -0.25) is 0 Å². The minimum absolute atomic E-state index is 0.134. The van der Waals surface area contributed by atoms with Crippen LogP contribution < -0.4 is 5.73 Å². The Balaban J connectivity index is 1.97. The van der Waals surface area contributed by atoms with E-state index in [4.69, 9.17) is 5.73 Å². The highest BCUT2D eigenvalue weighted by molar-refractivity contribution is 5.17. The van der Waals surface area contributed by atoms with E-state index in [1.165, 1.54) is 12.5 Å². The summed E-state index contributed by atoms with van der Waals surface area (Å²) in [4.78, 5) is 0. The SMILES string of the molecule is NC1CCC(Cc2cccc(F)c2)C1. The van der Waals surface area contributed by atoms with Gasteiger partial charge in [0.05, 0.1) is 0 Å². The van der Waals surface area contributed by atoms with Crippen LogP contribution in [0, 0.1) is 11.7 Å². The summed E-state index contributed by atoms with van der Waals surface area (Å²) in [7, 11) is 0. The van der Waals surface area contributed by atoms with Crippen molar-refractivity contribution in [3.05, 3.63) is 35.6 Å². The molecule has 1 saturated carbocycles. The predicted molar refractivity (Wildman–Crippen MR) is 55.4 cm³/mol. The summed E-state index contributed by atoms with van der Waals surface area (Å²) in [6.07, 6.45) is 4.39. The van der Waals surface area contributed by atoms with Gasteiger partial charge in [0.15, 0.2) is 0 Å². The van der Waals surface area contributed by atoms with Crippen LogP contribution in [0.15, 0.2) is 24.3 Å². The highest BCUT2D eigenvalue weighted by Gasteiger charge is 2.21. The molecule has 0 radical (unpaired) electrons. The van der Waals surface area contributed by atoms with E-state index in [1.54, 1.807) is 12.1 Å². The molecule has 0 amide bonds. The van der Waals surface area contributed by atoms with Crippen molar-refractivity contribution in [2.24, 2.45) is 11.7 Å². The van der Waals surface area contributed by atoms with Crippen LogP contribution in [0.2, 0.25) is 0 Å². The molecule has 0 heterocycles. The highest BCUT2D eigenvalue weighted by atomic mass is 19.1. The number of nitrogens with two attached hydrogens (primary N) is 1. The van der Waals surface area contributed by atoms with E-state index in [0.717, 1.165) is 24.8 Å². The molecule has 1 aromatic carbocycles. The maximum Gasteiger partial charge on any atom is 0.123 e. The fourth-order valence-corrected chi connectivity index (χ4v) is 2.30. The third-order valence-electron chi connectivity index (χ3n) is 3.00. The van der Waals surface area contributed by atoms with Gasteiger partial charge in [-0.25, -0.2) is 4.39 Å². The summed E-state index contributed by atoms with van der Waals surface area (Å²) in [5.74, 6) is 0.525. The van der Waals surface area contributed by atoms with Crippen molar-refractivity contribution < 1.29 is 4.39 Å². The van der Waals surface area contributed by atoms with Crippen molar-refractivity contribution >= 4 is 0 Å². The lowest BCUT2D eigenvalue weighted by molar-refractivity contribution is 0.532. The molecule has 1 aromatic rings. The second kappa shape index (κ2) is 4.09. The van der Waals surface area contributed by atoms with Gasteiger partial charge in [-0.05, 0) is 49.3 Å². The van der Waals surface area contributed by atoms with Gasteiger partial charge in [0.25, 0.3) is 0 Å². The lowest BCUT2D eigenvalue weighted by Crippen LogP contribution is -2.15. The second-order valence-electron chi connectivity index (χ2n) is 4.27. The summed E-state index contributed by atoms with van der Waals surface area (Å²) < 4.78 is 12.9. The zero-order valence-electron chi connectivity index (χ0n) is 8.25. The zero-order valence-corrected chi connectivity index (χ0v) is 8.25. The predicted octanol–water partition coefficient (Wildman–Crippen LogP) is 2.50. The first-order valence-corrected chi connectivity index (χ1v) is 5.24. The molecular formula is C12H16FN. The number of benzene rings is 1. The lowest BCUT2D eigenvalue weighted by atomic mass is 9.98. The highest BCUT2D eigenvalue weighted by Crippen LogP contribution is 2.27. The van der Waals surface area contributed by atoms with E-state index in [9.17, 15) is 4.39 Å². The number of rotatable bonds is 2. The number of halogens is 1. The summed E-state index contributed by atoms with van der Waals surface area (Å²) >= 11 is 0. The standard InChI is InChI=1S/C12H16FN/c13-11-3-1-2-9(7-11)6-10-4-5-12(14)8-10/h1-3,7,10,12H,4-6,8,14H2. The third-order valence-corrected chi connectivity index (χ3v) is 3.00. The summed E-state index contributed by atoms with van der Waals surface area (Å²) in [5.41, 5.74) is 6.94. The molecule has 76 valence electrons. The van der Waals surface area contributed by atoms with Crippen LogP contribution in [0.5, 0.6) is 0 Å². The van der Waals surface area contributed by atoms with Gasteiger partial charge in [-0.2, -0.15) is 0 Å². The monoisotopic (exact) mass is 193 g/mol. The Bertz CT molecular complexity index is 311. The molecule has 2 rings (SSSR count). The van der Waals surface area contributed by atoms with Crippen molar-refractivity contribution in [3.8, 4) is 0 Å². The molecule has 2 N–H and O–H groups in total. The van der Waals surface area contributed by atoms with E-state index < -0.39 is 0 Å². The Labute approximate surface area is 84.1 Å². The largest absolute Gasteiger partial charge is 0.328 e. The fraction of sp³-hybridized carbons (Fsp3) is 0.500. The van der Waals surface area contributed by atoms with Crippen LogP contribution in [-0.4, -0.2) is 6.04 Å². The number of hydrogen-bond acceptors (Lipinski definition) is 1. The summed E-state index contributed by atoms with van der Waals surface area (Å²) in [6, 6.07) is 7.26. The van der Waals surface area contributed by atoms with Crippen molar-refractivity contribution in [3.63, 3.8) is 0 Å². The Morgan fingerprint density at radius 1 is 1.36 bits per heavy atom. The molecule has 2 heteroatoms. The van der Waals surface area contributed by atoms with Gasteiger partial charge in [-0.15, -0.1) is 0 Å². The molecule has 1 aliphatic rings. The average Bonchev–Trinajstić information content (AvgIpc) is 2.51. The van der Waals surface area contributed by atoms with Gasteiger partial charge in [0.1, 0.15) is 5.82 Å². The van der Waals surface area contributed by atoms with Crippen LogP contribution in [-0.2, 0) is 6.42 Å². The first-order valence-electron chi connectivity index (χ1n) is 5.24. The van der Waals surface area contributed by atoms with Gasteiger partial charge >= 0.3 is 0 Å². The minimum atomic E-state index is -0.134. The molecule has 14 heavy (non-hydrogen) atoms.